The van der Waals surface area contributed by atoms with Crippen molar-refractivity contribution in [2.75, 3.05) is 17.7 Å². The van der Waals surface area contributed by atoms with Crippen LogP contribution in [0.5, 0.6) is 40.2 Å². The number of ether oxygens (including phenoxy) is 3. The van der Waals surface area contributed by atoms with Crippen LogP contribution in [0.15, 0.2) is 84.9 Å². The number of hydrogen-bond acceptors (Lipinski definition) is 9. The number of carbonyl (C=O) groups excluding carboxylic acids is 2. The largest absolute Gasteiger partial charge is 0.504 e. The first-order chi connectivity index (χ1) is 32.1. The van der Waals surface area contributed by atoms with Gasteiger partial charge in [-0.3, -0.25) is 9.59 Å². The molecule has 0 bridgehead atoms. The van der Waals surface area contributed by atoms with Gasteiger partial charge in [-0.1, -0.05) is 96.4 Å². The zero-order valence-corrected chi connectivity index (χ0v) is 39.1. The summed E-state index contributed by atoms with van der Waals surface area (Å²) in [5, 5.41) is 27.0. The van der Waals surface area contributed by atoms with Crippen LogP contribution in [0.4, 0.5) is 17.1 Å². The Morgan fingerprint density at radius 2 is 1.00 bits per heavy atom. The molecule has 0 spiro atoms. The molecule has 9 nitrogen and oxygen atoms in total. The molecule has 3 aliphatic rings. The summed E-state index contributed by atoms with van der Waals surface area (Å²) in [7, 11) is 0. The molecule has 0 unspecified atom stereocenters. The number of anilines is 3. The maximum Gasteiger partial charge on any atom is 0.200 e. The van der Waals surface area contributed by atoms with Crippen molar-refractivity contribution in [3.63, 3.8) is 0 Å². The Hall–Kier alpha value is -5.96. The molecule has 9 heteroatoms. The molecule has 5 aromatic rings. The van der Waals surface area contributed by atoms with E-state index in [2.05, 4.69) is 43.4 Å². The van der Waals surface area contributed by atoms with Gasteiger partial charge in [-0.15, -0.1) is 0 Å². The fraction of sp³-hybridized carbons (Fsp3) is 0.439. The molecule has 0 aliphatic heterocycles. The molecule has 0 saturated heterocycles. The van der Waals surface area contributed by atoms with Gasteiger partial charge in [0.1, 0.15) is 17.2 Å². The Morgan fingerprint density at radius 1 is 0.545 bits per heavy atom. The quantitative estimate of drug-likeness (QED) is 0.0355. The number of rotatable bonds is 19. The van der Waals surface area contributed by atoms with Crippen molar-refractivity contribution in [1.82, 2.24) is 0 Å². The zero-order chi connectivity index (χ0) is 46.2. The van der Waals surface area contributed by atoms with Crippen molar-refractivity contribution in [1.29, 1.82) is 0 Å². The van der Waals surface area contributed by atoms with Gasteiger partial charge in [-0.25, -0.2) is 0 Å². The van der Waals surface area contributed by atoms with E-state index in [4.69, 9.17) is 19.9 Å². The van der Waals surface area contributed by atoms with E-state index < -0.39 is 23.1 Å². The summed E-state index contributed by atoms with van der Waals surface area (Å²) < 4.78 is 18.3. The first kappa shape index (κ1) is 46.6. The van der Waals surface area contributed by atoms with Gasteiger partial charge in [0.25, 0.3) is 0 Å². The second-order valence-electron chi connectivity index (χ2n) is 19.0. The molecule has 0 atom stereocenters. The van der Waals surface area contributed by atoms with Crippen molar-refractivity contribution in [3.05, 3.63) is 118 Å². The molecule has 5 aromatic carbocycles. The van der Waals surface area contributed by atoms with Gasteiger partial charge in [0.2, 0.25) is 11.6 Å². The lowest BCUT2D eigenvalue weighted by Crippen LogP contribution is -2.24. The third-order valence-corrected chi connectivity index (χ3v) is 14.4. The Balaban J connectivity index is 1.05. The lowest BCUT2D eigenvalue weighted by atomic mass is 9.77. The SMILES string of the molecule is CCCCCC1CCC(c2ccc(Oc3cc(N)c4c(c3O)C(=O)c3c(Nc5ccc(OCCC)cc5)cc(Oc5ccc(C6CCC(CCCCC)CC6)cc5)c(O)c3C4=O)cc2)CC1. The second-order valence-corrected chi connectivity index (χ2v) is 19.0. The van der Waals surface area contributed by atoms with Crippen LogP contribution in [0.1, 0.15) is 185 Å². The van der Waals surface area contributed by atoms with E-state index >= 15 is 0 Å². The van der Waals surface area contributed by atoms with Gasteiger partial charge in [-0.2, -0.15) is 0 Å². The van der Waals surface area contributed by atoms with E-state index in [1.807, 2.05) is 43.3 Å². The molecular weight excluding hydrogens is 825 g/mol. The Morgan fingerprint density at radius 3 is 1.48 bits per heavy atom. The standard InChI is InChI=1S/C57H68N2O7/c1-4-7-9-11-36-13-17-38(18-14-36)40-21-27-44(28-22-40)65-48-34-46(58)50-52(54(48)60)57(63)51-47(59-42-25-31-43(32-26-42)64-33-6-3)35-49(55(61)53(51)56(50)62)66-45-29-23-41(24-30-45)39-19-15-37(16-20-39)12-10-8-5-2/h21-32,34-39,59-61H,4-20,33,58H2,1-3H3. The van der Waals surface area contributed by atoms with Crippen LogP contribution in [0, 0.1) is 11.8 Å². The van der Waals surface area contributed by atoms with E-state index in [0.29, 0.717) is 41.4 Å². The van der Waals surface area contributed by atoms with E-state index in [0.717, 1.165) is 18.3 Å². The van der Waals surface area contributed by atoms with E-state index in [-0.39, 0.29) is 45.1 Å². The van der Waals surface area contributed by atoms with Crippen LogP contribution in [-0.4, -0.2) is 28.4 Å². The molecule has 0 aromatic heterocycles. The summed E-state index contributed by atoms with van der Waals surface area (Å²) in [6, 6.07) is 25.9. The predicted octanol–water partition coefficient (Wildman–Crippen LogP) is 15.3. The lowest BCUT2D eigenvalue weighted by Gasteiger charge is -2.29. The normalized spacial score (nSPS) is 19.2. The highest BCUT2D eigenvalue weighted by Gasteiger charge is 2.41. The minimum atomic E-state index is -0.724. The van der Waals surface area contributed by atoms with Crippen LogP contribution >= 0.6 is 0 Å². The number of nitrogens with two attached hydrogens (primary N) is 1. The van der Waals surface area contributed by atoms with E-state index in [1.165, 1.54) is 126 Å². The number of ketones is 2. The maximum atomic E-state index is 14.8. The minimum Gasteiger partial charge on any atom is -0.504 e. The van der Waals surface area contributed by atoms with Crippen LogP contribution in [-0.2, 0) is 0 Å². The van der Waals surface area contributed by atoms with Crippen LogP contribution in [0.25, 0.3) is 0 Å². The third-order valence-electron chi connectivity index (χ3n) is 14.4. The minimum absolute atomic E-state index is 0.0182. The van der Waals surface area contributed by atoms with Crippen LogP contribution in [0.2, 0.25) is 0 Å². The van der Waals surface area contributed by atoms with Crippen molar-refractivity contribution >= 4 is 28.6 Å². The average Bonchev–Trinajstić information content (AvgIpc) is 3.33. The van der Waals surface area contributed by atoms with Crippen LogP contribution < -0.4 is 25.3 Å². The van der Waals surface area contributed by atoms with Gasteiger partial charge in [0.05, 0.1) is 34.5 Å². The first-order valence-electron chi connectivity index (χ1n) is 24.9. The summed E-state index contributed by atoms with van der Waals surface area (Å²) in [5.74, 6) is 1.73. The summed E-state index contributed by atoms with van der Waals surface area (Å²) >= 11 is 0. The number of nitrogens with one attached hydrogen (secondary N) is 1. The highest BCUT2D eigenvalue weighted by atomic mass is 16.5. The number of aromatic hydroxyl groups is 2. The number of carbonyl (C=O) groups is 2. The predicted molar refractivity (Wildman–Crippen MR) is 264 cm³/mol. The molecule has 66 heavy (non-hydrogen) atoms. The molecule has 0 radical (unpaired) electrons. The van der Waals surface area contributed by atoms with Crippen molar-refractivity contribution in [2.45, 2.75) is 142 Å². The van der Waals surface area contributed by atoms with E-state index in [9.17, 15) is 19.8 Å². The Bertz CT molecular complexity index is 2450. The monoisotopic (exact) mass is 893 g/mol. The molecule has 5 N–H and O–H groups in total. The molecule has 2 saturated carbocycles. The molecule has 2 fully saturated rings. The van der Waals surface area contributed by atoms with Gasteiger partial charge in [-0.05, 0) is 141 Å². The third kappa shape index (κ3) is 10.5. The molecular formula is C57H68N2O7. The lowest BCUT2D eigenvalue weighted by molar-refractivity contribution is 0.0974. The Kier molecular flexibility index (Phi) is 15.2. The number of fused-ring (bicyclic) bond motifs is 2. The van der Waals surface area contributed by atoms with Gasteiger partial charge in [0.15, 0.2) is 23.0 Å². The smallest absolute Gasteiger partial charge is 0.200 e. The van der Waals surface area contributed by atoms with Gasteiger partial charge >= 0.3 is 0 Å². The second kappa shape index (κ2) is 21.6. The maximum absolute atomic E-state index is 14.8. The average molecular weight is 893 g/mol. The van der Waals surface area contributed by atoms with Crippen molar-refractivity contribution < 1.29 is 34.0 Å². The molecule has 3 aliphatic carbocycles. The Labute approximate surface area is 391 Å². The van der Waals surface area contributed by atoms with E-state index in [1.54, 1.807) is 12.1 Å². The number of nitrogen functional groups attached to an aromatic ring is 1. The number of benzene rings is 5. The summed E-state index contributed by atoms with van der Waals surface area (Å²) in [5.41, 5.74) is 8.92. The molecule has 8 rings (SSSR count). The highest BCUT2D eigenvalue weighted by molar-refractivity contribution is 6.34. The summed E-state index contributed by atoms with van der Waals surface area (Å²) in [4.78, 5) is 29.4. The van der Waals surface area contributed by atoms with Crippen molar-refractivity contribution in [3.8, 4) is 40.2 Å². The van der Waals surface area contributed by atoms with Gasteiger partial charge in [0, 0.05) is 23.5 Å². The summed E-state index contributed by atoms with van der Waals surface area (Å²) in [6.45, 7) is 7.11. The first-order valence-corrected chi connectivity index (χ1v) is 24.9. The van der Waals surface area contributed by atoms with Crippen LogP contribution in [0.3, 0.4) is 0 Å². The molecule has 348 valence electrons. The fourth-order valence-corrected chi connectivity index (χ4v) is 10.6. The summed E-state index contributed by atoms with van der Waals surface area (Å²) in [6.07, 6.45) is 20.9. The topological polar surface area (TPSA) is 140 Å². The highest BCUT2D eigenvalue weighted by Crippen LogP contribution is 2.50. The number of phenolic OH excluding ortho intramolecular Hbond substituents is 2. The van der Waals surface area contributed by atoms with Gasteiger partial charge < -0.3 is 35.5 Å². The zero-order valence-electron chi connectivity index (χ0n) is 39.1. The fourth-order valence-electron chi connectivity index (χ4n) is 10.6. The van der Waals surface area contributed by atoms with Crippen molar-refractivity contribution in [2.24, 2.45) is 11.8 Å². The number of hydrogen-bond donors (Lipinski definition) is 4. The molecule has 0 heterocycles. The molecule has 0 amide bonds. The number of unbranched alkanes of at least 4 members (excludes halogenated alkanes) is 4. The number of phenols is 2.